The number of aromatic nitrogens is 1. The number of halogens is 1. The summed E-state index contributed by atoms with van der Waals surface area (Å²) in [6, 6.07) is 8.87. The number of rotatable bonds is 4. The molecule has 0 saturated heterocycles. The number of nitrogens with zero attached hydrogens (tertiary/aromatic N) is 2. The first-order valence-electron chi connectivity index (χ1n) is 7.66. The maximum atomic E-state index is 2.51. The van der Waals surface area contributed by atoms with Crippen molar-refractivity contribution in [2.75, 3.05) is 20.6 Å². The molecule has 1 aliphatic rings. The van der Waals surface area contributed by atoms with Crippen LogP contribution in [-0.4, -0.2) is 30.1 Å². The van der Waals surface area contributed by atoms with Crippen LogP contribution in [0.2, 0.25) is 0 Å². The lowest BCUT2D eigenvalue weighted by atomic mass is 9.93. The van der Waals surface area contributed by atoms with E-state index in [1.54, 1.807) is 5.56 Å². The second-order valence-electron chi connectivity index (χ2n) is 5.91. The van der Waals surface area contributed by atoms with Crippen molar-refractivity contribution in [1.29, 1.82) is 0 Å². The van der Waals surface area contributed by atoms with Gasteiger partial charge in [-0.15, -0.1) is 12.4 Å². The molecule has 21 heavy (non-hydrogen) atoms. The summed E-state index contributed by atoms with van der Waals surface area (Å²) in [7, 11) is 4.30. The van der Waals surface area contributed by atoms with Gasteiger partial charge < -0.3 is 9.47 Å². The molecule has 1 aromatic carbocycles. The Morgan fingerprint density at radius 1 is 1.19 bits per heavy atom. The molecule has 0 atom stereocenters. The van der Waals surface area contributed by atoms with Crippen molar-refractivity contribution >= 4 is 28.9 Å². The zero-order valence-corrected chi connectivity index (χ0v) is 14.0. The summed E-state index contributed by atoms with van der Waals surface area (Å²) in [5, 5.41) is 1.46. The molecule has 1 aromatic heterocycles. The second kappa shape index (κ2) is 6.67. The minimum absolute atomic E-state index is 0. The first kappa shape index (κ1) is 16.1. The highest BCUT2D eigenvalue weighted by Crippen LogP contribution is 2.36. The molecule has 1 heterocycles. The van der Waals surface area contributed by atoms with E-state index >= 15 is 0 Å². The van der Waals surface area contributed by atoms with E-state index in [4.69, 9.17) is 0 Å². The highest BCUT2D eigenvalue weighted by molar-refractivity contribution is 5.91. The van der Waals surface area contributed by atoms with E-state index in [9.17, 15) is 0 Å². The lowest BCUT2D eigenvalue weighted by molar-refractivity contribution is 0.419. The molecule has 0 fully saturated rings. The highest BCUT2D eigenvalue weighted by atomic mass is 35.5. The number of para-hydroxylation sites is 1. The van der Waals surface area contributed by atoms with Crippen LogP contribution in [0.1, 0.15) is 31.0 Å². The molecule has 114 valence electrons. The molecule has 2 nitrogen and oxygen atoms in total. The van der Waals surface area contributed by atoms with Gasteiger partial charge in [0.05, 0.1) is 0 Å². The minimum Gasteiger partial charge on any atom is -0.341 e. The van der Waals surface area contributed by atoms with Crippen LogP contribution in [-0.2, 0) is 13.0 Å². The van der Waals surface area contributed by atoms with Crippen molar-refractivity contribution in [2.24, 2.45) is 0 Å². The molecule has 1 aliphatic carbocycles. The van der Waals surface area contributed by atoms with Crippen LogP contribution in [0.5, 0.6) is 0 Å². The summed E-state index contributed by atoms with van der Waals surface area (Å²) in [4.78, 5) is 2.27. The third-order valence-electron chi connectivity index (χ3n) is 4.31. The van der Waals surface area contributed by atoms with Crippen LogP contribution in [0, 0.1) is 0 Å². The number of fused-ring (bicyclic) bond motifs is 3. The first-order chi connectivity index (χ1) is 9.72. The van der Waals surface area contributed by atoms with E-state index in [2.05, 4.69) is 60.8 Å². The molecule has 3 rings (SSSR count). The van der Waals surface area contributed by atoms with Gasteiger partial charge in [-0.05, 0) is 57.5 Å². The molecule has 2 aromatic rings. The second-order valence-corrected chi connectivity index (χ2v) is 5.91. The zero-order valence-electron chi connectivity index (χ0n) is 13.2. The SMILES string of the molecule is CCn1c2c(c3ccccc31)CCC=C2CCN(C)C.Cl. The highest BCUT2D eigenvalue weighted by Gasteiger charge is 2.21. The van der Waals surface area contributed by atoms with Crippen molar-refractivity contribution in [3.05, 3.63) is 41.6 Å². The largest absolute Gasteiger partial charge is 0.341 e. The van der Waals surface area contributed by atoms with Crippen LogP contribution in [0.25, 0.3) is 16.5 Å². The Balaban J connectivity index is 0.00000161. The van der Waals surface area contributed by atoms with Gasteiger partial charge >= 0.3 is 0 Å². The van der Waals surface area contributed by atoms with E-state index in [1.165, 1.54) is 35.0 Å². The van der Waals surface area contributed by atoms with E-state index in [1.807, 2.05) is 0 Å². The first-order valence-corrected chi connectivity index (χ1v) is 7.66. The van der Waals surface area contributed by atoms with Crippen molar-refractivity contribution in [3.8, 4) is 0 Å². The van der Waals surface area contributed by atoms with E-state index in [0.29, 0.717) is 0 Å². The van der Waals surface area contributed by atoms with E-state index < -0.39 is 0 Å². The molecule has 0 radical (unpaired) electrons. The Morgan fingerprint density at radius 2 is 1.95 bits per heavy atom. The molecule has 3 heteroatoms. The Bertz CT molecular complexity index is 638. The van der Waals surface area contributed by atoms with Gasteiger partial charge in [0, 0.05) is 29.7 Å². The van der Waals surface area contributed by atoms with E-state index in [-0.39, 0.29) is 12.4 Å². The van der Waals surface area contributed by atoms with Crippen molar-refractivity contribution < 1.29 is 0 Å². The van der Waals surface area contributed by atoms with Crippen LogP contribution in [0.3, 0.4) is 0 Å². The summed E-state index contributed by atoms with van der Waals surface area (Å²) in [5.41, 5.74) is 6.01. The third-order valence-corrected chi connectivity index (χ3v) is 4.31. The predicted octanol–water partition coefficient (Wildman–Crippen LogP) is 4.36. The van der Waals surface area contributed by atoms with Gasteiger partial charge in [-0.1, -0.05) is 24.3 Å². The van der Waals surface area contributed by atoms with Crippen LogP contribution in [0.15, 0.2) is 30.3 Å². The molecule has 0 unspecified atom stereocenters. The van der Waals surface area contributed by atoms with Crippen molar-refractivity contribution in [3.63, 3.8) is 0 Å². The quantitative estimate of drug-likeness (QED) is 0.814. The van der Waals surface area contributed by atoms with Crippen molar-refractivity contribution in [1.82, 2.24) is 9.47 Å². The number of benzene rings is 1. The summed E-state index contributed by atoms with van der Waals surface area (Å²) in [6.07, 6.45) is 5.98. The maximum Gasteiger partial charge on any atom is 0.0487 e. The zero-order chi connectivity index (χ0) is 14.1. The number of hydrogen-bond acceptors (Lipinski definition) is 1. The molecule has 0 saturated carbocycles. The monoisotopic (exact) mass is 304 g/mol. The topological polar surface area (TPSA) is 8.17 Å². The molecule has 0 amide bonds. The lowest BCUT2D eigenvalue weighted by Crippen LogP contribution is -2.15. The fraction of sp³-hybridized carbons (Fsp3) is 0.444. The van der Waals surface area contributed by atoms with Gasteiger partial charge in [0.2, 0.25) is 0 Å². The van der Waals surface area contributed by atoms with Gasteiger partial charge in [0.1, 0.15) is 0 Å². The Kier molecular flexibility index (Phi) is 5.13. The van der Waals surface area contributed by atoms with Crippen LogP contribution in [0.4, 0.5) is 0 Å². The minimum atomic E-state index is 0. The Morgan fingerprint density at radius 3 is 2.67 bits per heavy atom. The average Bonchev–Trinajstić information content (AvgIpc) is 2.79. The molecular weight excluding hydrogens is 280 g/mol. The normalized spacial score (nSPS) is 14.0. The van der Waals surface area contributed by atoms with Gasteiger partial charge in [0.25, 0.3) is 0 Å². The number of allylic oxidation sites excluding steroid dienone is 1. The molecule has 0 N–H and O–H groups in total. The summed E-state index contributed by atoms with van der Waals surface area (Å²) < 4.78 is 2.51. The number of hydrogen-bond donors (Lipinski definition) is 0. The molecule has 0 bridgehead atoms. The standard InChI is InChI=1S/C18H24N2.ClH/c1-4-20-17-11-6-5-9-15(17)16-10-7-8-14(18(16)20)12-13-19(2)3;/h5-6,8-9,11H,4,7,10,12-13H2,1-3H3;1H. The fourth-order valence-electron chi connectivity index (χ4n) is 3.38. The smallest absolute Gasteiger partial charge is 0.0487 e. The Labute approximate surface area is 133 Å². The third kappa shape index (κ3) is 2.88. The van der Waals surface area contributed by atoms with Gasteiger partial charge in [0.15, 0.2) is 0 Å². The molecule has 0 spiro atoms. The average molecular weight is 305 g/mol. The number of aryl methyl sites for hydroxylation is 2. The van der Waals surface area contributed by atoms with Crippen LogP contribution < -0.4 is 0 Å². The van der Waals surface area contributed by atoms with Crippen molar-refractivity contribution in [2.45, 2.75) is 32.7 Å². The predicted molar refractivity (Wildman–Crippen MR) is 94.3 cm³/mol. The van der Waals surface area contributed by atoms with Gasteiger partial charge in [-0.2, -0.15) is 0 Å². The Hall–Kier alpha value is -1.25. The maximum absolute atomic E-state index is 2.51. The summed E-state index contributed by atoms with van der Waals surface area (Å²) in [6.45, 7) is 4.43. The fourth-order valence-corrected chi connectivity index (χ4v) is 3.38. The lowest BCUT2D eigenvalue weighted by Gasteiger charge is -2.19. The van der Waals surface area contributed by atoms with Crippen LogP contribution >= 0.6 is 12.4 Å². The molecular formula is C18H25ClN2. The summed E-state index contributed by atoms with van der Waals surface area (Å²) in [5.74, 6) is 0. The van der Waals surface area contributed by atoms with Gasteiger partial charge in [-0.3, -0.25) is 0 Å². The molecule has 0 aliphatic heterocycles. The van der Waals surface area contributed by atoms with Gasteiger partial charge in [-0.25, -0.2) is 0 Å². The summed E-state index contributed by atoms with van der Waals surface area (Å²) >= 11 is 0. The van der Waals surface area contributed by atoms with E-state index in [0.717, 1.165) is 19.5 Å².